The van der Waals surface area contributed by atoms with Crippen LogP contribution in [0.5, 0.6) is 0 Å². The van der Waals surface area contributed by atoms with E-state index in [0.717, 1.165) is 5.56 Å². The fourth-order valence-corrected chi connectivity index (χ4v) is 0.695. The summed E-state index contributed by atoms with van der Waals surface area (Å²) in [6, 6.07) is 0. The van der Waals surface area contributed by atoms with Crippen LogP contribution in [0.4, 0.5) is 5.82 Å². The van der Waals surface area contributed by atoms with Gasteiger partial charge in [0, 0.05) is 12.3 Å². The Morgan fingerprint density at radius 2 is 2.55 bits per heavy atom. The highest BCUT2D eigenvalue weighted by Crippen LogP contribution is 2.02. The molecule has 4 heteroatoms. The number of nitrogens with two attached hydrogens (primary N) is 1. The second kappa shape index (κ2) is 3.89. The van der Waals surface area contributed by atoms with Crippen LogP contribution in [0.25, 0.3) is 0 Å². The number of alkyl halides is 1. The Morgan fingerprint density at radius 1 is 1.73 bits per heavy atom. The molecule has 0 saturated carbocycles. The molecule has 3 N–H and O–H groups in total. The van der Waals surface area contributed by atoms with E-state index in [1.807, 2.05) is 0 Å². The first-order valence-electron chi connectivity index (χ1n) is 3.18. The molecule has 0 fully saturated rings. The molecular formula is C7H8ClN3. The van der Waals surface area contributed by atoms with Crippen molar-refractivity contribution in [2.24, 2.45) is 0 Å². The summed E-state index contributed by atoms with van der Waals surface area (Å²) in [5, 5.41) is 6.30. The third kappa shape index (κ3) is 2.17. The molecule has 0 aliphatic heterocycles. The number of nitrogens with zero attached hydrogens (tertiary/aromatic N) is 1. The smallest absolute Gasteiger partial charge is 0.134 e. The van der Waals surface area contributed by atoms with Crippen molar-refractivity contribution in [3.8, 4) is 11.8 Å². The van der Waals surface area contributed by atoms with Gasteiger partial charge in [-0.25, -0.2) is 0 Å². The van der Waals surface area contributed by atoms with Gasteiger partial charge in [0.1, 0.15) is 5.82 Å². The van der Waals surface area contributed by atoms with Gasteiger partial charge in [0.2, 0.25) is 0 Å². The normalized spacial score (nSPS) is 8.82. The van der Waals surface area contributed by atoms with Gasteiger partial charge in [0.25, 0.3) is 0 Å². The summed E-state index contributed by atoms with van der Waals surface area (Å²) >= 11 is 5.42. The predicted molar refractivity (Wildman–Crippen MR) is 45.2 cm³/mol. The number of aromatic amines is 1. The summed E-state index contributed by atoms with van der Waals surface area (Å²) in [5.74, 6) is 6.75. The van der Waals surface area contributed by atoms with Gasteiger partial charge in [-0.2, -0.15) is 5.10 Å². The summed E-state index contributed by atoms with van der Waals surface area (Å²) in [6.07, 6.45) is 2.27. The van der Waals surface area contributed by atoms with Crippen molar-refractivity contribution in [1.82, 2.24) is 10.2 Å². The Bertz CT molecular complexity index is 281. The maximum Gasteiger partial charge on any atom is 0.134 e. The Morgan fingerprint density at radius 3 is 3.09 bits per heavy atom. The minimum Gasteiger partial charge on any atom is -0.383 e. The highest BCUT2D eigenvalue weighted by atomic mass is 35.5. The molecule has 0 atom stereocenters. The van der Waals surface area contributed by atoms with Crippen molar-refractivity contribution >= 4 is 17.4 Å². The molecule has 0 radical (unpaired) electrons. The zero-order valence-corrected chi connectivity index (χ0v) is 6.65. The van der Waals surface area contributed by atoms with Crippen LogP contribution in [0.15, 0.2) is 6.20 Å². The first-order valence-corrected chi connectivity index (χ1v) is 3.71. The zero-order valence-electron chi connectivity index (χ0n) is 5.89. The Balaban J connectivity index is 2.65. The summed E-state index contributed by atoms with van der Waals surface area (Å²) in [7, 11) is 0. The van der Waals surface area contributed by atoms with E-state index in [2.05, 4.69) is 22.0 Å². The third-order valence-electron chi connectivity index (χ3n) is 1.11. The minimum absolute atomic E-state index is 0.507. The Labute approximate surface area is 69.9 Å². The molecule has 0 aliphatic rings. The number of hydrogen-bond donors (Lipinski definition) is 2. The lowest BCUT2D eigenvalue weighted by molar-refractivity contribution is 1.10. The van der Waals surface area contributed by atoms with E-state index >= 15 is 0 Å². The predicted octanol–water partition coefficient (Wildman–Crippen LogP) is 0.972. The molecule has 1 aromatic rings. The number of nitrogens with one attached hydrogen (secondary N) is 1. The summed E-state index contributed by atoms with van der Waals surface area (Å²) in [5.41, 5.74) is 6.20. The SMILES string of the molecule is Nc1[nH]ncc1C#CCCCl. The topological polar surface area (TPSA) is 54.7 Å². The van der Waals surface area contributed by atoms with Gasteiger partial charge in [-0.1, -0.05) is 11.8 Å². The molecule has 0 bridgehead atoms. The second-order valence-electron chi connectivity index (χ2n) is 1.94. The number of aromatic nitrogens is 2. The molecule has 58 valence electrons. The van der Waals surface area contributed by atoms with Gasteiger partial charge in [-0.15, -0.1) is 11.6 Å². The van der Waals surface area contributed by atoms with Crippen molar-refractivity contribution in [2.75, 3.05) is 11.6 Å². The Kier molecular flexibility index (Phi) is 2.82. The van der Waals surface area contributed by atoms with Gasteiger partial charge in [-0.05, 0) is 0 Å². The lowest BCUT2D eigenvalue weighted by Crippen LogP contribution is -1.86. The number of halogens is 1. The van der Waals surface area contributed by atoms with E-state index in [9.17, 15) is 0 Å². The fraction of sp³-hybridized carbons (Fsp3) is 0.286. The van der Waals surface area contributed by atoms with Crippen molar-refractivity contribution in [3.05, 3.63) is 11.8 Å². The van der Waals surface area contributed by atoms with Gasteiger partial charge in [0.05, 0.1) is 11.8 Å². The average Bonchev–Trinajstić information content (AvgIpc) is 2.37. The largest absolute Gasteiger partial charge is 0.383 e. The van der Waals surface area contributed by atoms with Crippen LogP contribution in [-0.2, 0) is 0 Å². The average molecular weight is 170 g/mol. The first-order chi connectivity index (χ1) is 5.34. The number of anilines is 1. The first kappa shape index (κ1) is 7.96. The van der Waals surface area contributed by atoms with Crippen LogP contribution in [0.3, 0.4) is 0 Å². The number of hydrogen-bond acceptors (Lipinski definition) is 2. The van der Waals surface area contributed by atoms with E-state index in [1.165, 1.54) is 0 Å². The lowest BCUT2D eigenvalue weighted by atomic mass is 10.3. The van der Waals surface area contributed by atoms with Crippen LogP contribution in [-0.4, -0.2) is 16.1 Å². The molecule has 0 saturated heterocycles. The lowest BCUT2D eigenvalue weighted by Gasteiger charge is -1.82. The molecule has 11 heavy (non-hydrogen) atoms. The highest BCUT2D eigenvalue weighted by molar-refractivity contribution is 6.18. The zero-order chi connectivity index (χ0) is 8.10. The molecule has 3 nitrogen and oxygen atoms in total. The Hall–Kier alpha value is -1.14. The van der Waals surface area contributed by atoms with Crippen LogP contribution < -0.4 is 5.73 Å². The van der Waals surface area contributed by atoms with Gasteiger partial charge in [-0.3, -0.25) is 5.10 Å². The molecule has 1 aromatic heterocycles. The molecule has 1 heterocycles. The van der Waals surface area contributed by atoms with Gasteiger partial charge < -0.3 is 5.73 Å². The van der Waals surface area contributed by atoms with E-state index < -0.39 is 0 Å². The maximum absolute atomic E-state index is 5.47. The van der Waals surface area contributed by atoms with Gasteiger partial charge >= 0.3 is 0 Å². The highest BCUT2D eigenvalue weighted by Gasteiger charge is 1.93. The molecular weight excluding hydrogens is 162 g/mol. The monoisotopic (exact) mass is 169 g/mol. The molecule has 0 aromatic carbocycles. The van der Waals surface area contributed by atoms with Crippen LogP contribution in [0.2, 0.25) is 0 Å². The standard InChI is InChI=1S/C7H8ClN3/c8-4-2-1-3-6-5-10-11-7(6)9/h5H,2,4H2,(H3,9,10,11). The molecule has 0 spiro atoms. The van der Waals surface area contributed by atoms with Crippen molar-refractivity contribution < 1.29 is 0 Å². The number of rotatable bonds is 1. The number of nitrogen functional groups attached to an aromatic ring is 1. The van der Waals surface area contributed by atoms with Crippen LogP contribution in [0, 0.1) is 11.8 Å². The maximum atomic E-state index is 5.47. The van der Waals surface area contributed by atoms with Crippen molar-refractivity contribution in [1.29, 1.82) is 0 Å². The van der Waals surface area contributed by atoms with Crippen LogP contribution >= 0.6 is 11.6 Å². The van der Waals surface area contributed by atoms with Crippen molar-refractivity contribution in [2.45, 2.75) is 6.42 Å². The van der Waals surface area contributed by atoms with Gasteiger partial charge in [0.15, 0.2) is 0 Å². The van der Waals surface area contributed by atoms with Crippen LogP contribution in [0.1, 0.15) is 12.0 Å². The van der Waals surface area contributed by atoms with E-state index in [0.29, 0.717) is 18.1 Å². The quantitative estimate of drug-likeness (QED) is 0.486. The minimum atomic E-state index is 0.507. The summed E-state index contributed by atoms with van der Waals surface area (Å²) in [4.78, 5) is 0. The molecule has 0 unspecified atom stereocenters. The number of H-pyrrole nitrogens is 1. The van der Waals surface area contributed by atoms with E-state index in [1.54, 1.807) is 6.20 Å². The van der Waals surface area contributed by atoms with E-state index in [4.69, 9.17) is 17.3 Å². The fourth-order valence-electron chi connectivity index (χ4n) is 0.601. The summed E-state index contributed by atoms with van der Waals surface area (Å²) < 4.78 is 0. The third-order valence-corrected chi connectivity index (χ3v) is 1.30. The molecule has 0 amide bonds. The van der Waals surface area contributed by atoms with E-state index in [-0.39, 0.29) is 0 Å². The molecule has 0 aliphatic carbocycles. The molecule has 1 rings (SSSR count). The summed E-state index contributed by atoms with van der Waals surface area (Å²) in [6.45, 7) is 0. The second-order valence-corrected chi connectivity index (χ2v) is 2.32. The van der Waals surface area contributed by atoms with Crippen molar-refractivity contribution in [3.63, 3.8) is 0 Å².